The second kappa shape index (κ2) is 9.98. The number of aromatic nitrogens is 2. The zero-order valence-corrected chi connectivity index (χ0v) is 24.6. The Balaban J connectivity index is 1.43. The molecule has 0 N–H and O–H groups in total. The van der Waals surface area contributed by atoms with Crippen molar-refractivity contribution in [2.75, 3.05) is 0 Å². The summed E-state index contributed by atoms with van der Waals surface area (Å²) in [4.78, 5) is 19.9. The van der Waals surface area contributed by atoms with Crippen molar-refractivity contribution in [2.24, 2.45) is 4.99 Å². The molecule has 0 unspecified atom stereocenters. The first-order valence-corrected chi connectivity index (χ1v) is 14.9. The fourth-order valence-corrected chi connectivity index (χ4v) is 7.30. The van der Waals surface area contributed by atoms with Gasteiger partial charge in [-0.15, -0.1) is 0 Å². The van der Waals surface area contributed by atoms with Crippen LogP contribution in [-0.2, 0) is 6.42 Å². The number of fused-ring (bicyclic) bond motifs is 3. The number of thiazole rings is 1. The van der Waals surface area contributed by atoms with E-state index >= 15 is 0 Å². The first kappa shape index (κ1) is 26.2. The van der Waals surface area contributed by atoms with Gasteiger partial charge in [0.05, 0.1) is 21.3 Å². The Bertz CT molecular complexity index is 2090. The molecule has 41 heavy (non-hydrogen) atoms. The van der Waals surface area contributed by atoms with E-state index in [1.54, 1.807) is 12.1 Å². The Kier molecular flexibility index (Phi) is 6.38. The molecule has 3 heterocycles. The standard InChI is InChI=1S/C33H24Cl2FN3OS/c1-18-15-22(19(2)38(18)24-12-14-27(35)28(36)17-24)16-29-32(40)39-31(21-7-10-23(34)11-8-21)26-13-9-20-5-3-4-6-25(20)30(26)37-33(39)41-29/h3-8,10-12,14-17,31H,9,13H2,1-2H3/b29-16-/t31-/m0/s1. The van der Waals surface area contributed by atoms with Crippen molar-refractivity contribution in [3.05, 3.63) is 148 Å². The number of aryl methyl sites for hydroxylation is 2. The van der Waals surface area contributed by atoms with Gasteiger partial charge in [-0.3, -0.25) is 9.36 Å². The van der Waals surface area contributed by atoms with Gasteiger partial charge >= 0.3 is 0 Å². The van der Waals surface area contributed by atoms with Gasteiger partial charge in [-0.2, -0.15) is 0 Å². The number of nitrogens with zero attached hydrogens (tertiary/aromatic N) is 3. The molecule has 1 aliphatic carbocycles. The normalized spacial score (nSPS) is 16.3. The summed E-state index contributed by atoms with van der Waals surface area (Å²) in [5, 5.41) is 0.735. The van der Waals surface area contributed by atoms with E-state index in [0.29, 0.717) is 20.0 Å². The van der Waals surface area contributed by atoms with Crippen LogP contribution in [0.25, 0.3) is 17.5 Å². The molecule has 8 heteroatoms. The fourth-order valence-electron chi connectivity index (χ4n) is 6.06. The molecule has 3 aromatic carbocycles. The monoisotopic (exact) mass is 599 g/mol. The first-order valence-electron chi connectivity index (χ1n) is 13.3. The highest BCUT2D eigenvalue weighted by molar-refractivity contribution is 7.07. The topological polar surface area (TPSA) is 39.3 Å². The average Bonchev–Trinajstić information content (AvgIpc) is 3.43. The largest absolute Gasteiger partial charge is 0.318 e. The van der Waals surface area contributed by atoms with Crippen molar-refractivity contribution in [3.8, 4) is 5.69 Å². The van der Waals surface area contributed by atoms with Crippen molar-refractivity contribution in [3.63, 3.8) is 0 Å². The maximum atomic E-state index is 14.3. The summed E-state index contributed by atoms with van der Waals surface area (Å²) in [6, 6.07) is 22.6. The highest BCUT2D eigenvalue weighted by Gasteiger charge is 2.32. The van der Waals surface area contributed by atoms with Crippen LogP contribution >= 0.6 is 34.5 Å². The van der Waals surface area contributed by atoms with Gasteiger partial charge in [-0.25, -0.2) is 9.38 Å². The van der Waals surface area contributed by atoms with Gasteiger partial charge in [-0.1, -0.05) is 70.9 Å². The van der Waals surface area contributed by atoms with Crippen molar-refractivity contribution < 1.29 is 4.39 Å². The number of halogens is 3. The Hall–Kier alpha value is -3.71. The summed E-state index contributed by atoms with van der Waals surface area (Å²) >= 11 is 13.6. The third-order valence-electron chi connectivity index (χ3n) is 7.98. The van der Waals surface area contributed by atoms with Gasteiger partial charge in [0.1, 0.15) is 5.82 Å². The van der Waals surface area contributed by atoms with E-state index in [1.165, 1.54) is 23.0 Å². The first-order chi connectivity index (χ1) is 19.8. The molecule has 204 valence electrons. The molecule has 2 aliphatic rings. The lowest BCUT2D eigenvalue weighted by Crippen LogP contribution is -2.38. The van der Waals surface area contributed by atoms with Crippen LogP contribution in [0.2, 0.25) is 10.0 Å². The molecule has 1 aliphatic heterocycles. The third-order valence-corrected chi connectivity index (χ3v) is 9.52. The van der Waals surface area contributed by atoms with Gasteiger partial charge in [0.15, 0.2) is 4.80 Å². The summed E-state index contributed by atoms with van der Waals surface area (Å²) in [7, 11) is 0. The number of benzene rings is 3. The molecule has 2 aromatic heterocycles. The second-order valence-corrected chi connectivity index (χ2v) is 12.3. The lowest BCUT2D eigenvalue weighted by Gasteiger charge is -2.30. The quantitative estimate of drug-likeness (QED) is 0.217. The summed E-state index contributed by atoms with van der Waals surface area (Å²) in [5.74, 6) is -0.473. The Morgan fingerprint density at radius 3 is 2.56 bits per heavy atom. The van der Waals surface area contributed by atoms with E-state index in [9.17, 15) is 9.18 Å². The smallest absolute Gasteiger partial charge is 0.271 e. The highest BCUT2D eigenvalue weighted by Crippen LogP contribution is 2.41. The van der Waals surface area contributed by atoms with Crippen LogP contribution in [-0.4, -0.2) is 9.13 Å². The minimum atomic E-state index is -0.473. The van der Waals surface area contributed by atoms with Crippen LogP contribution in [0.5, 0.6) is 0 Å². The van der Waals surface area contributed by atoms with Crippen molar-refractivity contribution in [1.82, 2.24) is 9.13 Å². The van der Waals surface area contributed by atoms with E-state index in [2.05, 4.69) is 18.2 Å². The molecular formula is C33H24Cl2FN3OS. The van der Waals surface area contributed by atoms with Gasteiger partial charge in [0, 0.05) is 27.7 Å². The van der Waals surface area contributed by atoms with Crippen LogP contribution in [0.1, 0.15) is 46.1 Å². The molecule has 7 rings (SSSR count). The maximum Gasteiger partial charge on any atom is 0.271 e. The van der Waals surface area contributed by atoms with E-state index in [-0.39, 0.29) is 16.6 Å². The van der Waals surface area contributed by atoms with Crippen LogP contribution in [0.15, 0.2) is 88.2 Å². The van der Waals surface area contributed by atoms with Crippen molar-refractivity contribution >= 4 is 46.3 Å². The van der Waals surface area contributed by atoms with Gasteiger partial charge in [-0.05, 0) is 91.4 Å². The van der Waals surface area contributed by atoms with Crippen LogP contribution in [0, 0.1) is 19.7 Å². The molecule has 0 fully saturated rings. The molecule has 0 spiro atoms. The highest BCUT2D eigenvalue weighted by atomic mass is 35.5. The van der Waals surface area contributed by atoms with Crippen molar-refractivity contribution in [1.29, 1.82) is 0 Å². The SMILES string of the molecule is Cc1cc(/C=c2\sc3n(c2=O)[C@@H](c2ccc(Cl)cc2)C2=C(N=3)c3ccccc3CC2)c(C)n1-c1ccc(Cl)c(F)c1. The van der Waals surface area contributed by atoms with Gasteiger partial charge in [0.2, 0.25) is 0 Å². The van der Waals surface area contributed by atoms with Crippen LogP contribution < -0.4 is 14.9 Å². The van der Waals surface area contributed by atoms with Crippen LogP contribution in [0.3, 0.4) is 0 Å². The fraction of sp³-hybridized carbons (Fsp3) is 0.152. The number of hydrogen-bond donors (Lipinski definition) is 0. The zero-order valence-electron chi connectivity index (χ0n) is 22.3. The summed E-state index contributed by atoms with van der Waals surface area (Å²) < 4.78 is 18.7. The molecule has 0 saturated carbocycles. The van der Waals surface area contributed by atoms with E-state index < -0.39 is 5.82 Å². The minimum Gasteiger partial charge on any atom is -0.318 e. The van der Waals surface area contributed by atoms with E-state index in [1.807, 2.05) is 65.5 Å². The Labute approximate surface area is 250 Å². The van der Waals surface area contributed by atoms with Crippen LogP contribution in [0.4, 0.5) is 4.39 Å². The number of rotatable bonds is 3. The molecule has 0 amide bonds. The number of hydrogen-bond acceptors (Lipinski definition) is 3. The lowest BCUT2D eigenvalue weighted by atomic mass is 9.83. The Morgan fingerprint density at radius 1 is 1.00 bits per heavy atom. The predicted octanol–water partition coefficient (Wildman–Crippen LogP) is 7.17. The summed E-state index contributed by atoms with van der Waals surface area (Å²) in [5.41, 5.74) is 8.83. The molecule has 0 radical (unpaired) electrons. The van der Waals surface area contributed by atoms with E-state index in [4.69, 9.17) is 28.2 Å². The molecule has 5 aromatic rings. The zero-order chi connectivity index (χ0) is 28.4. The molecule has 1 atom stereocenters. The second-order valence-electron chi connectivity index (χ2n) is 10.4. The maximum absolute atomic E-state index is 14.3. The van der Waals surface area contributed by atoms with Crippen molar-refractivity contribution in [2.45, 2.75) is 32.7 Å². The molecule has 0 saturated heterocycles. The summed E-state index contributed by atoms with van der Waals surface area (Å²) in [6.45, 7) is 3.93. The molecule has 0 bridgehead atoms. The van der Waals surface area contributed by atoms with Gasteiger partial charge < -0.3 is 4.57 Å². The molecule has 4 nitrogen and oxygen atoms in total. The minimum absolute atomic E-state index is 0.0816. The lowest BCUT2D eigenvalue weighted by molar-refractivity contribution is 0.585. The van der Waals surface area contributed by atoms with E-state index in [0.717, 1.165) is 52.2 Å². The average molecular weight is 601 g/mol. The Morgan fingerprint density at radius 2 is 1.78 bits per heavy atom. The summed E-state index contributed by atoms with van der Waals surface area (Å²) in [6.07, 6.45) is 3.65. The predicted molar refractivity (Wildman–Crippen MR) is 164 cm³/mol. The number of allylic oxidation sites excluding steroid dienone is 1. The third kappa shape index (κ3) is 4.33. The molecular weight excluding hydrogens is 576 g/mol. The van der Waals surface area contributed by atoms with Gasteiger partial charge in [0.25, 0.3) is 5.56 Å².